The third kappa shape index (κ3) is 4.80. The molecule has 0 aromatic carbocycles. The van der Waals surface area contributed by atoms with Crippen molar-refractivity contribution < 1.29 is 9.53 Å². The fourth-order valence-corrected chi connectivity index (χ4v) is 1.21. The number of nitrogen functional groups attached to an aromatic ring is 1. The third-order valence-corrected chi connectivity index (χ3v) is 2.01. The molecule has 0 atom stereocenters. The summed E-state index contributed by atoms with van der Waals surface area (Å²) >= 11 is 0. The lowest BCUT2D eigenvalue weighted by Gasteiger charge is -2.09. The van der Waals surface area contributed by atoms with Gasteiger partial charge in [-0.05, 0) is 26.0 Å². The quantitative estimate of drug-likeness (QED) is 0.382. The number of nitrogens with two attached hydrogens (primary N) is 1. The minimum absolute atomic E-state index is 0.167. The Bertz CT molecular complexity index is 368. The van der Waals surface area contributed by atoms with Crippen molar-refractivity contribution in [3.63, 3.8) is 0 Å². The summed E-state index contributed by atoms with van der Waals surface area (Å²) in [5.74, 6) is 5.49. The number of hydrazine groups is 1. The molecule has 0 aliphatic rings. The lowest BCUT2D eigenvalue weighted by molar-refractivity contribution is 0.0746. The zero-order valence-electron chi connectivity index (χ0n) is 10.1. The highest BCUT2D eigenvalue weighted by Gasteiger charge is 2.05. The highest BCUT2D eigenvalue weighted by molar-refractivity contribution is 5.94. The van der Waals surface area contributed by atoms with Crippen molar-refractivity contribution in [3.05, 3.63) is 23.9 Å². The van der Waals surface area contributed by atoms with E-state index in [0.29, 0.717) is 24.5 Å². The molecular weight excluding hydrogens is 220 g/mol. The summed E-state index contributed by atoms with van der Waals surface area (Å²) in [6.07, 6.45) is 1.69. The predicted octanol–water partition coefficient (Wildman–Crippen LogP) is 0.522. The SMILES string of the molecule is CC(C)OCCNC(=O)c1ccnc(NN)c1. The van der Waals surface area contributed by atoms with E-state index in [4.69, 9.17) is 10.6 Å². The summed E-state index contributed by atoms with van der Waals surface area (Å²) in [5, 5.41) is 2.75. The molecule has 0 aliphatic heterocycles. The Morgan fingerprint density at radius 2 is 2.35 bits per heavy atom. The number of pyridine rings is 1. The molecule has 0 saturated carbocycles. The van der Waals surface area contributed by atoms with Crippen molar-refractivity contribution >= 4 is 11.7 Å². The number of nitrogens with one attached hydrogen (secondary N) is 2. The molecule has 4 N–H and O–H groups in total. The first kappa shape index (κ1) is 13.4. The number of nitrogens with zero attached hydrogens (tertiary/aromatic N) is 1. The summed E-state index contributed by atoms with van der Waals surface area (Å²) in [6, 6.07) is 3.21. The zero-order valence-corrected chi connectivity index (χ0v) is 10.1. The van der Waals surface area contributed by atoms with Crippen LogP contribution in [-0.4, -0.2) is 30.1 Å². The van der Waals surface area contributed by atoms with Crippen LogP contribution < -0.4 is 16.6 Å². The molecular formula is C11H18N4O2. The second kappa shape index (κ2) is 6.82. The van der Waals surface area contributed by atoms with Crippen LogP contribution in [-0.2, 0) is 4.74 Å². The van der Waals surface area contributed by atoms with Crippen molar-refractivity contribution in [2.24, 2.45) is 5.84 Å². The van der Waals surface area contributed by atoms with E-state index in [1.54, 1.807) is 12.1 Å². The van der Waals surface area contributed by atoms with Crippen LogP contribution in [0.3, 0.4) is 0 Å². The number of carbonyl (C=O) groups excluding carboxylic acids is 1. The molecule has 1 heterocycles. The maximum atomic E-state index is 11.7. The molecule has 0 fully saturated rings. The van der Waals surface area contributed by atoms with Gasteiger partial charge in [-0.2, -0.15) is 0 Å². The Morgan fingerprint density at radius 3 is 3.00 bits per heavy atom. The lowest BCUT2D eigenvalue weighted by Crippen LogP contribution is -2.28. The second-order valence-corrected chi connectivity index (χ2v) is 3.75. The Morgan fingerprint density at radius 1 is 1.59 bits per heavy atom. The molecule has 6 nitrogen and oxygen atoms in total. The van der Waals surface area contributed by atoms with Gasteiger partial charge in [-0.25, -0.2) is 10.8 Å². The van der Waals surface area contributed by atoms with E-state index in [-0.39, 0.29) is 12.0 Å². The number of ether oxygens (including phenoxy) is 1. The molecule has 1 aromatic heterocycles. The summed E-state index contributed by atoms with van der Waals surface area (Å²) < 4.78 is 5.31. The van der Waals surface area contributed by atoms with E-state index in [9.17, 15) is 4.79 Å². The van der Waals surface area contributed by atoms with Crippen LogP contribution in [0.1, 0.15) is 24.2 Å². The van der Waals surface area contributed by atoms with Crippen molar-refractivity contribution in [1.82, 2.24) is 10.3 Å². The van der Waals surface area contributed by atoms with Gasteiger partial charge in [0.15, 0.2) is 0 Å². The molecule has 1 rings (SSSR count). The molecule has 0 bridgehead atoms. The van der Waals surface area contributed by atoms with Gasteiger partial charge in [0.05, 0.1) is 12.7 Å². The first-order chi connectivity index (χ1) is 8.13. The molecule has 94 valence electrons. The van der Waals surface area contributed by atoms with Crippen LogP contribution in [0.4, 0.5) is 5.82 Å². The van der Waals surface area contributed by atoms with Gasteiger partial charge in [0.1, 0.15) is 5.82 Å². The number of rotatable bonds is 6. The number of amides is 1. The Kier molecular flexibility index (Phi) is 5.38. The standard InChI is InChI=1S/C11H18N4O2/c1-8(2)17-6-5-14-11(16)9-3-4-13-10(7-9)15-12/h3-4,7-8H,5-6,12H2,1-2H3,(H,13,15)(H,14,16). The van der Waals surface area contributed by atoms with Crippen molar-refractivity contribution in [3.8, 4) is 0 Å². The summed E-state index contributed by atoms with van der Waals surface area (Å²) in [7, 11) is 0. The minimum atomic E-state index is -0.170. The molecule has 1 aromatic rings. The normalized spacial score (nSPS) is 10.4. The molecule has 0 aliphatic carbocycles. The van der Waals surface area contributed by atoms with E-state index < -0.39 is 0 Å². The van der Waals surface area contributed by atoms with Crippen molar-refractivity contribution in [2.45, 2.75) is 20.0 Å². The molecule has 17 heavy (non-hydrogen) atoms. The van der Waals surface area contributed by atoms with Crippen LogP contribution in [0.2, 0.25) is 0 Å². The van der Waals surface area contributed by atoms with Crippen LogP contribution in [0.25, 0.3) is 0 Å². The maximum absolute atomic E-state index is 11.7. The summed E-state index contributed by atoms with van der Waals surface area (Å²) in [5.41, 5.74) is 2.90. The summed E-state index contributed by atoms with van der Waals surface area (Å²) in [4.78, 5) is 15.6. The lowest BCUT2D eigenvalue weighted by atomic mass is 10.2. The summed E-state index contributed by atoms with van der Waals surface area (Å²) in [6.45, 7) is 4.87. The van der Waals surface area contributed by atoms with Crippen LogP contribution in [0.15, 0.2) is 18.3 Å². The molecule has 1 amide bonds. The maximum Gasteiger partial charge on any atom is 0.251 e. The van der Waals surface area contributed by atoms with Gasteiger partial charge >= 0.3 is 0 Å². The number of hydrogen-bond donors (Lipinski definition) is 3. The molecule has 0 unspecified atom stereocenters. The third-order valence-electron chi connectivity index (χ3n) is 2.01. The van der Waals surface area contributed by atoms with Crippen LogP contribution >= 0.6 is 0 Å². The largest absolute Gasteiger partial charge is 0.377 e. The average Bonchev–Trinajstić information content (AvgIpc) is 2.34. The van der Waals surface area contributed by atoms with Gasteiger partial charge in [-0.1, -0.05) is 0 Å². The Labute approximate surface area is 101 Å². The molecule has 0 spiro atoms. The second-order valence-electron chi connectivity index (χ2n) is 3.75. The van der Waals surface area contributed by atoms with E-state index in [2.05, 4.69) is 15.7 Å². The van der Waals surface area contributed by atoms with Crippen molar-refractivity contribution in [1.29, 1.82) is 0 Å². The van der Waals surface area contributed by atoms with E-state index >= 15 is 0 Å². The number of carbonyl (C=O) groups is 1. The van der Waals surface area contributed by atoms with E-state index in [1.165, 1.54) is 6.20 Å². The first-order valence-electron chi connectivity index (χ1n) is 5.46. The average molecular weight is 238 g/mol. The number of hydrogen-bond acceptors (Lipinski definition) is 5. The fourth-order valence-electron chi connectivity index (χ4n) is 1.21. The first-order valence-corrected chi connectivity index (χ1v) is 5.46. The van der Waals surface area contributed by atoms with Gasteiger partial charge in [-0.3, -0.25) is 4.79 Å². The Balaban J connectivity index is 2.41. The number of anilines is 1. The van der Waals surface area contributed by atoms with Gasteiger partial charge in [0, 0.05) is 18.3 Å². The highest BCUT2D eigenvalue weighted by Crippen LogP contribution is 2.04. The van der Waals surface area contributed by atoms with Gasteiger partial charge < -0.3 is 15.5 Å². The predicted molar refractivity (Wildman–Crippen MR) is 65.5 cm³/mol. The van der Waals surface area contributed by atoms with E-state index in [0.717, 1.165) is 0 Å². The topological polar surface area (TPSA) is 89.3 Å². The zero-order chi connectivity index (χ0) is 12.7. The minimum Gasteiger partial charge on any atom is -0.377 e. The van der Waals surface area contributed by atoms with Gasteiger partial charge in [0.25, 0.3) is 5.91 Å². The van der Waals surface area contributed by atoms with Gasteiger partial charge in [-0.15, -0.1) is 0 Å². The molecule has 0 saturated heterocycles. The highest BCUT2D eigenvalue weighted by atomic mass is 16.5. The molecule has 0 radical (unpaired) electrons. The monoisotopic (exact) mass is 238 g/mol. The van der Waals surface area contributed by atoms with Gasteiger partial charge in [0.2, 0.25) is 0 Å². The Hall–Kier alpha value is -1.66. The molecule has 6 heteroatoms. The fraction of sp³-hybridized carbons (Fsp3) is 0.455. The number of aromatic nitrogens is 1. The van der Waals surface area contributed by atoms with Crippen LogP contribution in [0, 0.1) is 0 Å². The van der Waals surface area contributed by atoms with Crippen LogP contribution in [0.5, 0.6) is 0 Å². The van der Waals surface area contributed by atoms with Crippen molar-refractivity contribution in [2.75, 3.05) is 18.6 Å². The van der Waals surface area contributed by atoms with E-state index in [1.807, 2.05) is 13.8 Å². The smallest absolute Gasteiger partial charge is 0.251 e.